The molecule has 0 saturated heterocycles. The molecule has 0 saturated carbocycles. The Bertz CT molecular complexity index is 309. The van der Waals surface area contributed by atoms with Gasteiger partial charge in [-0.1, -0.05) is 30.3 Å². The number of benzene rings is 1. The zero-order valence-corrected chi connectivity index (χ0v) is 9.05. The molecule has 0 spiro atoms. The summed E-state index contributed by atoms with van der Waals surface area (Å²) in [5, 5.41) is 9.50. The lowest BCUT2D eigenvalue weighted by Crippen LogP contribution is -2.34. The molecule has 0 unspecified atom stereocenters. The molecule has 0 bridgehead atoms. The van der Waals surface area contributed by atoms with Crippen LogP contribution < -0.4 is 0 Å². The van der Waals surface area contributed by atoms with Crippen molar-refractivity contribution < 1.29 is 9.90 Å². The van der Waals surface area contributed by atoms with Gasteiger partial charge in [-0.2, -0.15) is 0 Å². The Kier molecular flexibility index (Phi) is 4.31. The summed E-state index contributed by atoms with van der Waals surface area (Å²) in [5.41, 5.74) is 1.09. The van der Waals surface area contributed by atoms with E-state index in [1.54, 1.807) is 20.5 Å². The van der Waals surface area contributed by atoms with Crippen LogP contribution in [0.4, 0.5) is 0 Å². The van der Waals surface area contributed by atoms with Crippen molar-refractivity contribution in [1.82, 2.24) is 4.90 Å². The lowest BCUT2D eigenvalue weighted by atomic mass is 10.1. The summed E-state index contributed by atoms with van der Waals surface area (Å²) >= 11 is 0. The molecule has 1 atom stereocenters. The molecule has 1 radical (unpaired) electrons. The van der Waals surface area contributed by atoms with E-state index >= 15 is 0 Å². The smallest absolute Gasteiger partial charge is 0.251 e. The van der Waals surface area contributed by atoms with E-state index in [9.17, 15) is 9.90 Å². The third-order valence-corrected chi connectivity index (χ3v) is 2.11. The van der Waals surface area contributed by atoms with Crippen LogP contribution in [0.1, 0.15) is 5.56 Å². The molecule has 81 valence electrons. The first-order chi connectivity index (χ1) is 7.11. The number of carbonyl (C=O) groups excluding carboxylic acids is 1. The number of hydrogen-bond acceptors (Lipinski definition) is 2. The Balaban J connectivity index is 2.41. The highest BCUT2D eigenvalue weighted by Crippen LogP contribution is 2.05. The fourth-order valence-corrected chi connectivity index (χ4v) is 1.23. The molecule has 0 fully saturated rings. The number of amides is 1. The monoisotopic (exact) mass is 206 g/mol. The van der Waals surface area contributed by atoms with Gasteiger partial charge in [0.1, 0.15) is 6.10 Å². The van der Waals surface area contributed by atoms with Crippen LogP contribution in [0, 0.1) is 6.42 Å². The standard InChI is InChI=1S/C12H16NO2/c1-13(2)12(15)11(14)9-8-10-6-4-3-5-7-10/h3-7,9,11,14H,8H2,1-2H3/t11-/m0/s1. The van der Waals surface area contributed by atoms with Crippen LogP contribution in [-0.2, 0) is 11.2 Å². The second-order valence-electron chi connectivity index (χ2n) is 3.60. The zero-order valence-electron chi connectivity index (χ0n) is 9.05. The van der Waals surface area contributed by atoms with Crippen molar-refractivity contribution in [2.75, 3.05) is 14.1 Å². The van der Waals surface area contributed by atoms with Crippen LogP contribution >= 0.6 is 0 Å². The molecule has 0 aliphatic rings. The van der Waals surface area contributed by atoms with Gasteiger partial charge >= 0.3 is 0 Å². The molecule has 1 N–H and O–H groups in total. The minimum Gasteiger partial charge on any atom is -0.383 e. The van der Waals surface area contributed by atoms with Gasteiger partial charge in [-0.15, -0.1) is 0 Å². The van der Waals surface area contributed by atoms with Gasteiger partial charge in [-0.25, -0.2) is 0 Å². The molecule has 1 aromatic carbocycles. The molecule has 0 heterocycles. The fraction of sp³-hybridized carbons (Fsp3) is 0.333. The van der Waals surface area contributed by atoms with Crippen molar-refractivity contribution in [3.63, 3.8) is 0 Å². The van der Waals surface area contributed by atoms with Gasteiger partial charge in [0.25, 0.3) is 5.91 Å². The number of nitrogens with zero attached hydrogens (tertiary/aromatic N) is 1. The molecule has 3 nitrogen and oxygen atoms in total. The van der Waals surface area contributed by atoms with E-state index < -0.39 is 6.10 Å². The summed E-state index contributed by atoms with van der Waals surface area (Å²) in [5.74, 6) is -0.286. The fourth-order valence-electron chi connectivity index (χ4n) is 1.23. The van der Waals surface area contributed by atoms with Crippen LogP contribution in [0.2, 0.25) is 0 Å². The molecule has 1 amide bonds. The summed E-state index contributed by atoms with van der Waals surface area (Å²) in [6.07, 6.45) is 1.19. The summed E-state index contributed by atoms with van der Waals surface area (Å²) < 4.78 is 0. The van der Waals surface area contributed by atoms with Gasteiger partial charge in [0.15, 0.2) is 0 Å². The number of aliphatic hydroxyl groups excluding tert-OH is 1. The largest absolute Gasteiger partial charge is 0.383 e. The van der Waals surface area contributed by atoms with Gasteiger partial charge in [0, 0.05) is 20.5 Å². The predicted octanol–water partition coefficient (Wildman–Crippen LogP) is 0.882. The Morgan fingerprint density at radius 1 is 1.40 bits per heavy atom. The second-order valence-corrected chi connectivity index (χ2v) is 3.60. The Morgan fingerprint density at radius 3 is 2.53 bits per heavy atom. The first-order valence-corrected chi connectivity index (χ1v) is 4.87. The first-order valence-electron chi connectivity index (χ1n) is 4.87. The molecule has 3 heteroatoms. The molecule has 15 heavy (non-hydrogen) atoms. The summed E-state index contributed by atoms with van der Waals surface area (Å²) in [4.78, 5) is 12.7. The van der Waals surface area contributed by atoms with E-state index in [4.69, 9.17) is 0 Å². The number of carbonyl (C=O) groups is 1. The van der Waals surface area contributed by atoms with Gasteiger partial charge in [0.05, 0.1) is 0 Å². The number of likely N-dealkylation sites (N-methyl/N-ethyl adjacent to an activating group) is 1. The molecule has 0 aromatic heterocycles. The van der Waals surface area contributed by atoms with Crippen LogP contribution in [0.3, 0.4) is 0 Å². The molecular weight excluding hydrogens is 190 g/mol. The van der Waals surface area contributed by atoms with Crippen LogP contribution in [0.15, 0.2) is 30.3 Å². The van der Waals surface area contributed by atoms with E-state index in [0.29, 0.717) is 6.42 Å². The number of aliphatic hydroxyl groups is 1. The highest BCUT2D eigenvalue weighted by molar-refractivity contribution is 5.81. The lowest BCUT2D eigenvalue weighted by molar-refractivity contribution is -0.135. The predicted molar refractivity (Wildman–Crippen MR) is 59.1 cm³/mol. The molecular formula is C12H16NO2. The van der Waals surface area contributed by atoms with E-state index in [2.05, 4.69) is 0 Å². The summed E-state index contributed by atoms with van der Waals surface area (Å²) in [6, 6.07) is 9.73. The maximum atomic E-state index is 11.3. The zero-order chi connectivity index (χ0) is 11.3. The third-order valence-electron chi connectivity index (χ3n) is 2.11. The third kappa shape index (κ3) is 3.72. The number of rotatable bonds is 4. The SMILES string of the molecule is CN(C)C(=O)[C@@H](O)[CH]Cc1ccccc1. The van der Waals surface area contributed by atoms with Crippen LogP contribution in [0.5, 0.6) is 0 Å². The van der Waals surface area contributed by atoms with E-state index in [1.807, 2.05) is 30.3 Å². The van der Waals surface area contributed by atoms with E-state index in [0.717, 1.165) is 5.56 Å². The maximum Gasteiger partial charge on any atom is 0.251 e. The minimum absolute atomic E-state index is 0.286. The maximum absolute atomic E-state index is 11.3. The average molecular weight is 206 g/mol. The Hall–Kier alpha value is -1.35. The van der Waals surface area contributed by atoms with Gasteiger partial charge in [0.2, 0.25) is 0 Å². The summed E-state index contributed by atoms with van der Waals surface area (Å²) in [7, 11) is 3.25. The van der Waals surface area contributed by atoms with Gasteiger partial charge in [-0.3, -0.25) is 4.79 Å². The highest BCUT2D eigenvalue weighted by atomic mass is 16.3. The van der Waals surface area contributed by atoms with Crippen molar-refractivity contribution in [3.05, 3.63) is 42.3 Å². The lowest BCUT2D eigenvalue weighted by Gasteiger charge is -2.15. The number of hydrogen-bond donors (Lipinski definition) is 1. The summed E-state index contributed by atoms with van der Waals surface area (Å²) in [6.45, 7) is 0. The van der Waals surface area contributed by atoms with Gasteiger partial charge in [-0.05, 0) is 12.0 Å². The van der Waals surface area contributed by atoms with Crippen molar-refractivity contribution in [2.24, 2.45) is 0 Å². The minimum atomic E-state index is -1.01. The van der Waals surface area contributed by atoms with Crippen molar-refractivity contribution >= 4 is 5.91 Å². The Morgan fingerprint density at radius 2 is 2.00 bits per heavy atom. The van der Waals surface area contributed by atoms with E-state index in [-0.39, 0.29) is 5.91 Å². The average Bonchev–Trinajstić information content (AvgIpc) is 2.26. The van der Waals surface area contributed by atoms with Crippen LogP contribution in [-0.4, -0.2) is 36.1 Å². The molecule has 1 rings (SSSR count). The molecule has 0 aliphatic carbocycles. The van der Waals surface area contributed by atoms with Crippen molar-refractivity contribution in [1.29, 1.82) is 0 Å². The van der Waals surface area contributed by atoms with Crippen LogP contribution in [0.25, 0.3) is 0 Å². The Labute approximate surface area is 90.3 Å². The van der Waals surface area contributed by atoms with Crippen molar-refractivity contribution in [3.8, 4) is 0 Å². The topological polar surface area (TPSA) is 40.5 Å². The first kappa shape index (κ1) is 11.7. The molecule has 1 aromatic rings. The van der Waals surface area contributed by atoms with Gasteiger partial charge < -0.3 is 10.0 Å². The van der Waals surface area contributed by atoms with E-state index in [1.165, 1.54) is 4.90 Å². The normalized spacial score (nSPS) is 12.2. The second kappa shape index (κ2) is 5.51. The van der Waals surface area contributed by atoms with Crippen molar-refractivity contribution in [2.45, 2.75) is 12.5 Å². The molecule has 0 aliphatic heterocycles. The quantitative estimate of drug-likeness (QED) is 0.794. The highest BCUT2D eigenvalue weighted by Gasteiger charge is 2.16.